The summed E-state index contributed by atoms with van der Waals surface area (Å²) in [4.78, 5) is 0. The minimum absolute atomic E-state index is 0.218. The molecule has 0 N–H and O–H groups in total. The molecule has 0 radical (unpaired) electrons. The van der Waals surface area contributed by atoms with E-state index in [1.807, 2.05) is 44.2 Å². The lowest BCUT2D eigenvalue weighted by Gasteiger charge is -2.09. The van der Waals surface area contributed by atoms with E-state index in [9.17, 15) is 0 Å². The SMILES string of the molecule is COC=Cc1ccc(OC(C)C)cc1. The molecule has 0 atom stereocenters. The van der Waals surface area contributed by atoms with Crippen molar-refractivity contribution in [1.82, 2.24) is 0 Å². The third-order valence-electron chi connectivity index (χ3n) is 1.65. The van der Waals surface area contributed by atoms with Crippen LogP contribution in [0.2, 0.25) is 0 Å². The Morgan fingerprint density at radius 1 is 1.14 bits per heavy atom. The Morgan fingerprint density at radius 2 is 1.79 bits per heavy atom. The lowest BCUT2D eigenvalue weighted by atomic mass is 10.2. The van der Waals surface area contributed by atoms with Gasteiger partial charge >= 0.3 is 0 Å². The zero-order chi connectivity index (χ0) is 10.4. The average Bonchev–Trinajstić information content (AvgIpc) is 2.16. The summed E-state index contributed by atoms with van der Waals surface area (Å²) >= 11 is 0. The number of ether oxygens (including phenoxy) is 2. The fourth-order valence-electron chi connectivity index (χ4n) is 1.08. The molecule has 0 aliphatic carbocycles. The monoisotopic (exact) mass is 192 g/mol. The molecule has 1 aromatic carbocycles. The van der Waals surface area contributed by atoms with Crippen LogP contribution >= 0.6 is 0 Å². The van der Waals surface area contributed by atoms with E-state index in [0.29, 0.717) is 0 Å². The second-order valence-electron chi connectivity index (χ2n) is 3.27. The first-order chi connectivity index (χ1) is 6.72. The van der Waals surface area contributed by atoms with Gasteiger partial charge in [-0.1, -0.05) is 12.1 Å². The Bertz CT molecular complexity index is 286. The molecule has 0 aliphatic rings. The lowest BCUT2D eigenvalue weighted by Crippen LogP contribution is -2.05. The Balaban J connectivity index is 2.64. The Hall–Kier alpha value is -1.44. The topological polar surface area (TPSA) is 18.5 Å². The predicted molar refractivity (Wildman–Crippen MR) is 58.2 cm³/mol. The van der Waals surface area contributed by atoms with E-state index in [2.05, 4.69) is 0 Å². The minimum atomic E-state index is 0.218. The van der Waals surface area contributed by atoms with Crippen LogP contribution in [0.5, 0.6) is 5.75 Å². The van der Waals surface area contributed by atoms with E-state index in [1.165, 1.54) is 0 Å². The Labute approximate surface area is 85.2 Å². The molecule has 0 bridgehead atoms. The van der Waals surface area contributed by atoms with Crippen LogP contribution in [0.4, 0.5) is 0 Å². The van der Waals surface area contributed by atoms with Crippen molar-refractivity contribution in [1.29, 1.82) is 0 Å². The van der Waals surface area contributed by atoms with Crippen molar-refractivity contribution in [2.45, 2.75) is 20.0 Å². The fourth-order valence-corrected chi connectivity index (χ4v) is 1.08. The maximum absolute atomic E-state index is 5.52. The molecule has 0 heterocycles. The maximum Gasteiger partial charge on any atom is 0.119 e. The molecule has 1 aromatic rings. The first-order valence-electron chi connectivity index (χ1n) is 4.68. The summed E-state index contributed by atoms with van der Waals surface area (Å²) in [6.45, 7) is 4.03. The van der Waals surface area contributed by atoms with Gasteiger partial charge in [-0.05, 0) is 37.6 Å². The fraction of sp³-hybridized carbons (Fsp3) is 0.333. The van der Waals surface area contributed by atoms with Crippen molar-refractivity contribution in [2.75, 3.05) is 7.11 Å². The lowest BCUT2D eigenvalue weighted by molar-refractivity contribution is 0.242. The van der Waals surface area contributed by atoms with Gasteiger partial charge in [-0.15, -0.1) is 0 Å². The van der Waals surface area contributed by atoms with Crippen LogP contribution in [-0.2, 0) is 4.74 Å². The van der Waals surface area contributed by atoms with Crippen molar-refractivity contribution in [3.63, 3.8) is 0 Å². The molecule has 0 aromatic heterocycles. The zero-order valence-electron chi connectivity index (χ0n) is 8.86. The molecule has 0 amide bonds. The van der Waals surface area contributed by atoms with Gasteiger partial charge in [0.1, 0.15) is 5.75 Å². The Morgan fingerprint density at radius 3 is 2.29 bits per heavy atom. The highest BCUT2D eigenvalue weighted by atomic mass is 16.5. The van der Waals surface area contributed by atoms with Crippen molar-refractivity contribution in [3.8, 4) is 5.75 Å². The minimum Gasteiger partial charge on any atom is -0.504 e. The van der Waals surface area contributed by atoms with Gasteiger partial charge in [-0.3, -0.25) is 0 Å². The Kier molecular flexibility index (Phi) is 4.05. The van der Waals surface area contributed by atoms with Crippen LogP contribution < -0.4 is 4.74 Å². The van der Waals surface area contributed by atoms with E-state index in [-0.39, 0.29) is 6.10 Å². The average molecular weight is 192 g/mol. The second kappa shape index (κ2) is 5.32. The largest absolute Gasteiger partial charge is 0.504 e. The molecule has 0 fully saturated rings. The predicted octanol–water partition coefficient (Wildman–Crippen LogP) is 3.09. The molecule has 76 valence electrons. The molecule has 14 heavy (non-hydrogen) atoms. The molecule has 0 saturated carbocycles. The highest BCUT2D eigenvalue weighted by Crippen LogP contribution is 2.14. The van der Waals surface area contributed by atoms with Gasteiger partial charge in [0.05, 0.1) is 19.5 Å². The van der Waals surface area contributed by atoms with E-state index in [0.717, 1.165) is 11.3 Å². The van der Waals surface area contributed by atoms with Gasteiger partial charge in [0.15, 0.2) is 0 Å². The maximum atomic E-state index is 5.52. The van der Waals surface area contributed by atoms with E-state index in [1.54, 1.807) is 13.4 Å². The quantitative estimate of drug-likeness (QED) is 0.682. The molecular formula is C12H16O2. The molecule has 2 heteroatoms. The molecular weight excluding hydrogens is 176 g/mol. The van der Waals surface area contributed by atoms with E-state index in [4.69, 9.17) is 9.47 Å². The van der Waals surface area contributed by atoms with Crippen LogP contribution in [0.25, 0.3) is 6.08 Å². The first-order valence-corrected chi connectivity index (χ1v) is 4.68. The second-order valence-corrected chi connectivity index (χ2v) is 3.27. The highest BCUT2D eigenvalue weighted by molar-refractivity contribution is 5.49. The summed E-state index contributed by atoms with van der Waals surface area (Å²) in [5.74, 6) is 0.898. The summed E-state index contributed by atoms with van der Waals surface area (Å²) in [7, 11) is 1.63. The molecule has 0 saturated heterocycles. The number of rotatable bonds is 4. The highest BCUT2D eigenvalue weighted by Gasteiger charge is 1.95. The molecule has 0 aliphatic heterocycles. The summed E-state index contributed by atoms with van der Waals surface area (Å²) in [6, 6.07) is 7.89. The van der Waals surface area contributed by atoms with E-state index >= 15 is 0 Å². The van der Waals surface area contributed by atoms with Crippen molar-refractivity contribution < 1.29 is 9.47 Å². The van der Waals surface area contributed by atoms with Crippen LogP contribution in [0.3, 0.4) is 0 Å². The number of hydrogen-bond donors (Lipinski definition) is 0. The summed E-state index contributed by atoms with van der Waals surface area (Å²) in [5, 5.41) is 0. The summed E-state index contributed by atoms with van der Waals surface area (Å²) < 4.78 is 10.3. The standard InChI is InChI=1S/C12H16O2/c1-10(2)14-12-6-4-11(5-7-12)8-9-13-3/h4-10H,1-3H3. The van der Waals surface area contributed by atoms with Gasteiger partial charge in [-0.2, -0.15) is 0 Å². The summed E-state index contributed by atoms with van der Waals surface area (Å²) in [6.07, 6.45) is 3.77. The number of benzene rings is 1. The third-order valence-corrected chi connectivity index (χ3v) is 1.65. The molecule has 0 unspecified atom stereocenters. The summed E-state index contributed by atoms with van der Waals surface area (Å²) in [5.41, 5.74) is 1.10. The van der Waals surface area contributed by atoms with Crippen LogP contribution in [0, 0.1) is 0 Å². The van der Waals surface area contributed by atoms with Crippen molar-refractivity contribution in [3.05, 3.63) is 36.1 Å². The van der Waals surface area contributed by atoms with Gasteiger partial charge in [-0.25, -0.2) is 0 Å². The first kappa shape index (κ1) is 10.6. The van der Waals surface area contributed by atoms with E-state index < -0.39 is 0 Å². The van der Waals surface area contributed by atoms with Crippen LogP contribution in [-0.4, -0.2) is 13.2 Å². The van der Waals surface area contributed by atoms with Gasteiger partial charge < -0.3 is 9.47 Å². The number of methoxy groups -OCH3 is 1. The van der Waals surface area contributed by atoms with Gasteiger partial charge in [0.2, 0.25) is 0 Å². The molecule has 2 nitrogen and oxygen atoms in total. The number of hydrogen-bond acceptors (Lipinski definition) is 2. The molecule has 1 rings (SSSR count). The normalized spacial score (nSPS) is 10.9. The van der Waals surface area contributed by atoms with Crippen molar-refractivity contribution >= 4 is 6.08 Å². The third kappa shape index (κ3) is 3.52. The molecule has 0 spiro atoms. The van der Waals surface area contributed by atoms with Gasteiger partial charge in [0.25, 0.3) is 0 Å². The van der Waals surface area contributed by atoms with Gasteiger partial charge in [0, 0.05) is 0 Å². The smallest absolute Gasteiger partial charge is 0.119 e. The van der Waals surface area contributed by atoms with Crippen LogP contribution in [0.1, 0.15) is 19.4 Å². The zero-order valence-corrected chi connectivity index (χ0v) is 8.86. The van der Waals surface area contributed by atoms with Crippen LogP contribution in [0.15, 0.2) is 30.5 Å². The van der Waals surface area contributed by atoms with Crippen molar-refractivity contribution in [2.24, 2.45) is 0 Å².